The van der Waals surface area contributed by atoms with Gasteiger partial charge in [-0.2, -0.15) is 0 Å². The van der Waals surface area contributed by atoms with Crippen molar-refractivity contribution in [1.29, 1.82) is 0 Å². The molecule has 0 spiro atoms. The number of hydrogen-bond acceptors (Lipinski definition) is 6. The second-order valence-electron chi connectivity index (χ2n) is 5.77. The van der Waals surface area contributed by atoms with Gasteiger partial charge in [0.05, 0.1) is 0 Å². The monoisotopic (exact) mass is 310 g/mol. The van der Waals surface area contributed by atoms with Gasteiger partial charge in [0.25, 0.3) is 5.91 Å². The smallest absolute Gasteiger partial charge is 0.265 e. The first-order valence-electron chi connectivity index (χ1n) is 7.61. The number of rotatable bonds is 5. The highest BCUT2D eigenvalue weighted by atomic mass is 32.1. The average Bonchev–Trinajstić information content (AvgIpc) is 2.82. The van der Waals surface area contributed by atoms with E-state index in [-0.39, 0.29) is 5.91 Å². The Hall–Kier alpha value is -1.34. The summed E-state index contributed by atoms with van der Waals surface area (Å²) in [6, 6.07) is 0.494. The van der Waals surface area contributed by atoms with Crippen LogP contribution in [0.3, 0.4) is 0 Å². The van der Waals surface area contributed by atoms with Crippen LogP contribution in [0.5, 0.6) is 0 Å². The molecular weight excluding hydrogens is 288 g/mol. The molecule has 1 aliphatic carbocycles. The molecule has 116 valence electrons. The van der Waals surface area contributed by atoms with Crippen LogP contribution in [0.2, 0.25) is 0 Å². The number of thiazole rings is 1. The number of nitrogens with zero attached hydrogens (tertiary/aromatic N) is 1. The lowest BCUT2D eigenvalue weighted by Gasteiger charge is -2.25. The molecule has 0 atom stereocenters. The molecule has 0 bridgehead atoms. The lowest BCUT2D eigenvalue weighted by atomic mass is 9.93. The highest BCUT2D eigenvalue weighted by Gasteiger charge is 2.22. The second-order valence-corrected chi connectivity index (χ2v) is 6.77. The van der Waals surface area contributed by atoms with Crippen LogP contribution in [0.15, 0.2) is 0 Å². The van der Waals surface area contributed by atoms with Crippen molar-refractivity contribution in [3.05, 3.63) is 4.88 Å². The van der Waals surface area contributed by atoms with E-state index < -0.39 is 0 Å². The maximum atomic E-state index is 12.2. The van der Waals surface area contributed by atoms with Gasteiger partial charge < -0.3 is 21.1 Å². The van der Waals surface area contributed by atoms with E-state index in [4.69, 9.17) is 10.5 Å². The lowest BCUT2D eigenvalue weighted by molar-refractivity contribution is 0.0643. The molecule has 21 heavy (non-hydrogen) atoms. The van der Waals surface area contributed by atoms with Gasteiger partial charge in [-0.25, -0.2) is 4.98 Å². The molecule has 4 N–H and O–H groups in total. The minimum Gasteiger partial charge on any atom is -0.382 e. The van der Waals surface area contributed by atoms with Crippen molar-refractivity contribution in [2.75, 3.05) is 30.8 Å². The van der Waals surface area contributed by atoms with Gasteiger partial charge in [-0.1, -0.05) is 11.3 Å². The molecule has 0 aromatic carbocycles. The average molecular weight is 310 g/mol. The third-order valence-electron chi connectivity index (χ3n) is 4.18. The normalized spacial score (nSPS) is 20.0. The summed E-state index contributed by atoms with van der Waals surface area (Å²) in [5.74, 6) is 0.717. The summed E-state index contributed by atoms with van der Waals surface area (Å²) in [6.07, 6.45) is 5.62. The predicted octanol–water partition coefficient (Wildman–Crippen LogP) is 1.85. The first-order chi connectivity index (χ1) is 10.2. The summed E-state index contributed by atoms with van der Waals surface area (Å²) in [5.41, 5.74) is 5.86. The summed E-state index contributed by atoms with van der Waals surface area (Å²) in [5, 5.41) is 7.06. The highest BCUT2D eigenvalue weighted by Crippen LogP contribution is 2.29. The molecule has 2 fully saturated rings. The Bertz CT molecular complexity index is 495. The van der Waals surface area contributed by atoms with E-state index in [0.29, 0.717) is 29.2 Å². The number of hydrogen-bond donors (Lipinski definition) is 3. The maximum absolute atomic E-state index is 12.2. The number of nitrogens with one attached hydrogen (secondary N) is 2. The van der Waals surface area contributed by atoms with Crippen LogP contribution in [-0.4, -0.2) is 36.7 Å². The SMILES string of the molecule is Nc1nc(NC2CCC2)sc1C(=O)NCC1CCOCC1. The minimum atomic E-state index is -0.113. The molecule has 3 rings (SSSR count). The number of carbonyl (C=O) groups excluding carboxylic acids is 1. The first kappa shape index (κ1) is 14.6. The fourth-order valence-electron chi connectivity index (χ4n) is 2.55. The zero-order chi connectivity index (χ0) is 14.7. The van der Waals surface area contributed by atoms with Gasteiger partial charge >= 0.3 is 0 Å². The van der Waals surface area contributed by atoms with E-state index in [0.717, 1.165) is 31.2 Å². The molecule has 7 heteroatoms. The third-order valence-corrected chi connectivity index (χ3v) is 5.19. The molecule has 1 aromatic rings. The molecule has 1 aromatic heterocycles. The van der Waals surface area contributed by atoms with E-state index in [1.807, 2.05) is 0 Å². The number of amides is 1. The minimum absolute atomic E-state index is 0.113. The first-order valence-corrected chi connectivity index (χ1v) is 8.43. The van der Waals surface area contributed by atoms with Crippen molar-refractivity contribution in [1.82, 2.24) is 10.3 Å². The zero-order valence-corrected chi connectivity index (χ0v) is 12.9. The van der Waals surface area contributed by atoms with Crippen LogP contribution >= 0.6 is 11.3 Å². The van der Waals surface area contributed by atoms with Gasteiger partial charge in [0, 0.05) is 25.8 Å². The van der Waals surface area contributed by atoms with E-state index in [1.54, 1.807) is 0 Å². The quantitative estimate of drug-likeness (QED) is 0.772. The summed E-state index contributed by atoms with van der Waals surface area (Å²) in [7, 11) is 0. The summed E-state index contributed by atoms with van der Waals surface area (Å²) in [4.78, 5) is 17.0. The van der Waals surface area contributed by atoms with Crippen molar-refractivity contribution < 1.29 is 9.53 Å². The number of anilines is 2. The number of nitrogen functional groups attached to an aromatic ring is 1. The molecular formula is C14H22N4O2S. The van der Waals surface area contributed by atoms with Gasteiger partial charge in [0.1, 0.15) is 10.7 Å². The summed E-state index contributed by atoms with van der Waals surface area (Å²) < 4.78 is 5.32. The topological polar surface area (TPSA) is 89.3 Å². The Morgan fingerprint density at radius 3 is 2.76 bits per heavy atom. The Balaban J connectivity index is 1.53. The predicted molar refractivity (Wildman–Crippen MR) is 83.7 cm³/mol. The second kappa shape index (κ2) is 6.62. The Labute approximate surface area is 128 Å². The van der Waals surface area contributed by atoms with Crippen molar-refractivity contribution in [3.8, 4) is 0 Å². The zero-order valence-electron chi connectivity index (χ0n) is 12.1. The van der Waals surface area contributed by atoms with Crippen molar-refractivity contribution in [2.24, 2.45) is 5.92 Å². The molecule has 2 aliphatic rings. The molecule has 0 unspecified atom stereocenters. The van der Waals surface area contributed by atoms with Crippen LogP contribution in [0.25, 0.3) is 0 Å². The van der Waals surface area contributed by atoms with Crippen molar-refractivity contribution >= 4 is 28.2 Å². The maximum Gasteiger partial charge on any atom is 0.265 e. The number of nitrogens with two attached hydrogens (primary N) is 1. The van der Waals surface area contributed by atoms with E-state index in [2.05, 4.69) is 15.6 Å². The van der Waals surface area contributed by atoms with Gasteiger partial charge in [-0.05, 0) is 38.0 Å². The molecule has 1 amide bonds. The highest BCUT2D eigenvalue weighted by molar-refractivity contribution is 7.18. The van der Waals surface area contributed by atoms with Crippen LogP contribution in [0.1, 0.15) is 41.8 Å². The van der Waals surface area contributed by atoms with E-state index in [9.17, 15) is 4.79 Å². The Morgan fingerprint density at radius 1 is 1.33 bits per heavy atom. The summed E-state index contributed by atoms with van der Waals surface area (Å²) in [6.45, 7) is 2.27. The number of aromatic nitrogens is 1. The van der Waals surface area contributed by atoms with Crippen LogP contribution in [0.4, 0.5) is 10.9 Å². The molecule has 1 aliphatic heterocycles. The fraction of sp³-hybridized carbons (Fsp3) is 0.714. The number of ether oxygens (including phenoxy) is 1. The Morgan fingerprint density at radius 2 is 2.10 bits per heavy atom. The van der Waals surface area contributed by atoms with Crippen LogP contribution in [0, 0.1) is 5.92 Å². The van der Waals surface area contributed by atoms with Crippen molar-refractivity contribution in [3.63, 3.8) is 0 Å². The molecule has 0 radical (unpaired) electrons. The van der Waals surface area contributed by atoms with Crippen molar-refractivity contribution in [2.45, 2.75) is 38.1 Å². The van der Waals surface area contributed by atoms with Gasteiger partial charge in [0.15, 0.2) is 5.13 Å². The van der Waals surface area contributed by atoms with E-state index >= 15 is 0 Å². The van der Waals surface area contributed by atoms with Gasteiger partial charge in [-0.3, -0.25) is 4.79 Å². The van der Waals surface area contributed by atoms with Crippen LogP contribution < -0.4 is 16.4 Å². The third kappa shape index (κ3) is 3.65. The lowest BCUT2D eigenvalue weighted by Crippen LogP contribution is -2.32. The Kier molecular flexibility index (Phi) is 4.60. The molecule has 2 heterocycles. The standard InChI is InChI=1S/C14H22N4O2S/c15-12-11(21-14(18-12)17-10-2-1-3-10)13(19)16-8-9-4-6-20-7-5-9/h9-10H,1-8,15H2,(H,16,19)(H,17,18). The molecule has 1 saturated carbocycles. The van der Waals surface area contributed by atoms with E-state index in [1.165, 1.54) is 30.6 Å². The van der Waals surface area contributed by atoms with Gasteiger partial charge in [-0.15, -0.1) is 0 Å². The summed E-state index contributed by atoms with van der Waals surface area (Å²) >= 11 is 1.35. The molecule has 6 nitrogen and oxygen atoms in total. The van der Waals surface area contributed by atoms with Crippen LogP contribution in [-0.2, 0) is 4.74 Å². The fourth-order valence-corrected chi connectivity index (χ4v) is 3.43. The molecule has 1 saturated heterocycles. The largest absolute Gasteiger partial charge is 0.382 e. The van der Waals surface area contributed by atoms with Gasteiger partial charge in [0.2, 0.25) is 0 Å². The number of carbonyl (C=O) groups is 1.